The summed E-state index contributed by atoms with van der Waals surface area (Å²) >= 11 is 5.65. The van der Waals surface area contributed by atoms with Gasteiger partial charge in [0.05, 0.1) is 17.4 Å². The predicted octanol–water partition coefficient (Wildman–Crippen LogP) is 1.06. The maximum atomic E-state index is 11.8. The average molecular weight is 341 g/mol. The molecule has 0 aliphatic rings. The first-order valence-corrected chi connectivity index (χ1v) is 8.40. The number of hydrogen-bond donors (Lipinski definition) is 1. The highest BCUT2D eigenvalue weighted by Crippen LogP contribution is 2.06. The number of carbonyl (C=O) groups excluding carboxylic acids is 1. The molecule has 0 spiro atoms. The number of nitrogens with one attached hydrogen (secondary N) is 1. The van der Waals surface area contributed by atoms with Crippen LogP contribution in [0.4, 0.5) is 0 Å². The first-order valence-electron chi connectivity index (χ1n) is 6.20. The van der Waals surface area contributed by atoms with E-state index < -0.39 is 27.4 Å². The minimum Gasteiger partial charge on any atom is -0.272 e. The van der Waals surface area contributed by atoms with Crippen molar-refractivity contribution in [2.45, 2.75) is 5.88 Å². The molecule has 9 heteroatoms. The SMILES string of the molecule is O=C(CS(=O)(=O)Cn1cc(Cl)cn1)NN=Cc1ccccc1. The zero-order valence-electron chi connectivity index (χ0n) is 11.4. The monoisotopic (exact) mass is 340 g/mol. The number of rotatable bonds is 6. The highest BCUT2D eigenvalue weighted by atomic mass is 35.5. The summed E-state index contributed by atoms with van der Waals surface area (Å²) in [6.07, 6.45) is 4.11. The van der Waals surface area contributed by atoms with E-state index in [1.54, 1.807) is 12.1 Å². The molecule has 1 N–H and O–H groups in total. The summed E-state index contributed by atoms with van der Waals surface area (Å²) in [6, 6.07) is 9.09. The second kappa shape index (κ2) is 7.19. The lowest BCUT2D eigenvalue weighted by Gasteiger charge is -2.03. The van der Waals surface area contributed by atoms with Crippen molar-refractivity contribution in [1.29, 1.82) is 0 Å². The zero-order chi connectivity index (χ0) is 16.0. The van der Waals surface area contributed by atoms with E-state index in [0.717, 1.165) is 10.2 Å². The van der Waals surface area contributed by atoms with Gasteiger partial charge in [0.2, 0.25) is 0 Å². The van der Waals surface area contributed by atoms with Gasteiger partial charge in [-0.25, -0.2) is 13.8 Å². The van der Waals surface area contributed by atoms with Gasteiger partial charge in [0.1, 0.15) is 11.6 Å². The molecule has 1 amide bonds. The summed E-state index contributed by atoms with van der Waals surface area (Å²) in [5.41, 5.74) is 2.96. The van der Waals surface area contributed by atoms with Crippen LogP contribution >= 0.6 is 11.6 Å². The molecule has 7 nitrogen and oxygen atoms in total. The number of carbonyl (C=O) groups is 1. The van der Waals surface area contributed by atoms with E-state index >= 15 is 0 Å². The molecule has 0 saturated heterocycles. The van der Waals surface area contributed by atoms with Crippen molar-refractivity contribution >= 4 is 33.6 Å². The van der Waals surface area contributed by atoms with Gasteiger partial charge in [0, 0.05) is 6.20 Å². The van der Waals surface area contributed by atoms with Gasteiger partial charge < -0.3 is 0 Å². The fourth-order valence-corrected chi connectivity index (χ4v) is 2.86. The maximum Gasteiger partial charge on any atom is 0.255 e. The van der Waals surface area contributed by atoms with Gasteiger partial charge in [-0.15, -0.1) is 0 Å². The summed E-state index contributed by atoms with van der Waals surface area (Å²) in [5.74, 6) is -1.82. The van der Waals surface area contributed by atoms with Crippen molar-refractivity contribution in [3.8, 4) is 0 Å². The number of amides is 1. The summed E-state index contributed by atoms with van der Waals surface area (Å²) in [6.45, 7) is 0. The first kappa shape index (κ1) is 16.2. The molecule has 0 aliphatic heterocycles. The molecule has 1 aromatic carbocycles. The van der Waals surface area contributed by atoms with Gasteiger partial charge >= 0.3 is 0 Å². The van der Waals surface area contributed by atoms with E-state index in [-0.39, 0.29) is 0 Å². The summed E-state index contributed by atoms with van der Waals surface area (Å²) in [4.78, 5) is 11.6. The number of benzene rings is 1. The third-order valence-corrected chi connectivity index (χ3v) is 4.04. The van der Waals surface area contributed by atoms with Crippen LogP contribution in [0.1, 0.15) is 5.56 Å². The van der Waals surface area contributed by atoms with Crippen LogP contribution in [0, 0.1) is 0 Å². The topological polar surface area (TPSA) is 93.4 Å². The van der Waals surface area contributed by atoms with Crippen LogP contribution < -0.4 is 5.43 Å². The lowest BCUT2D eigenvalue weighted by Crippen LogP contribution is -2.28. The molecular weight excluding hydrogens is 328 g/mol. The Morgan fingerprint density at radius 1 is 1.36 bits per heavy atom. The van der Waals surface area contributed by atoms with Gasteiger partial charge in [-0.3, -0.25) is 9.48 Å². The van der Waals surface area contributed by atoms with Crippen LogP contribution in [0.15, 0.2) is 47.8 Å². The number of sulfone groups is 1. The minimum atomic E-state index is -3.66. The fraction of sp³-hybridized carbons (Fsp3) is 0.154. The van der Waals surface area contributed by atoms with Crippen molar-refractivity contribution in [3.05, 3.63) is 53.3 Å². The fourth-order valence-electron chi connectivity index (χ4n) is 1.61. The van der Waals surface area contributed by atoms with E-state index in [1.165, 1.54) is 18.6 Å². The molecule has 0 unspecified atom stereocenters. The third-order valence-electron chi connectivity index (χ3n) is 2.48. The van der Waals surface area contributed by atoms with Crippen LogP contribution in [0.25, 0.3) is 0 Å². The van der Waals surface area contributed by atoms with Crippen LogP contribution in [0.3, 0.4) is 0 Å². The maximum absolute atomic E-state index is 11.8. The van der Waals surface area contributed by atoms with Gasteiger partial charge in [0.15, 0.2) is 9.84 Å². The van der Waals surface area contributed by atoms with E-state index in [4.69, 9.17) is 11.6 Å². The lowest BCUT2D eigenvalue weighted by atomic mass is 10.2. The number of hydrazone groups is 1. The van der Waals surface area contributed by atoms with Crippen molar-refractivity contribution in [1.82, 2.24) is 15.2 Å². The van der Waals surface area contributed by atoms with Crippen molar-refractivity contribution < 1.29 is 13.2 Å². The first-order chi connectivity index (χ1) is 10.4. The van der Waals surface area contributed by atoms with Gasteiger partial charge in [-0.05, 0) is 5.56 Å². The number of aromatic nitrogens is 2. The molecule has 0 aliphatic carbocycles. The van der Waals surface area contributed by atoms with Gasteiger partial charge in [0.25, 0.3) is 5.91 Å². The van der Waals surface area contributed by atoms with Gasteiger partial charge in [-0.2, -0.15) is 10.2 Å². The van der Waals surface area contributed by atoms with Gasteiger partial charge in [-0.1, -0.05) is 41.9 Å². The molecule has 0 atom stereocenters. The highest BCUT2D eigenvalue weighted by molar-refractivity contribution is 7.91. The number of hydrogen-bond acceptors (Lipinski definition) is 5. The smallest absolute Gasteiger partial charge is 0.255 e. The predicted molar refractivity (Wildman–Crippen MR) is 83.2 cm³/mol. The highest BCUT2D eigenvalue weighted by Gasteiger charge is 2.17. The Kier molecular flexibility index (Phi) is 5.29. The summed E-state index contributed by atoms with van der Waals surface area (Å²) in [7, 11) is -3.66. The van der Waals surface area contributed by atoms with Crippen molar-refractivity contribution in [3.63, 3.8) is 0 Å². The Hall–Kier alpha value is -2.19. The Morgan fingerprint density at radius 2 is 2.09 bits per heavy atom. The second-order valence-corrected chi connectivity index (χ2v) is 6.89. The summed E-state index contributed by atoms with van der Waals surface area (Å²) < 4.78 is 24.8. The van der Waals surface area contributed by atoms with Crippen LogP contribution in [-0.2, 0) is 20.5 Å². The molecule has 2 aromatic rings. The molecule has 1 heterocycles. The number of halogens is 1. The molecule has 0 bridgehead atoms. The molecule has 0 saturated carbocycles. The largest absolute Gasteiger partial charge is 0.272 e. The van der Waals surface area contributed by atoms with Crippen molar-refractivity contribution in [2.24, 2.45) is 5.10 Å². The summed E-state index contributed by atoms with van der Waals surface area (Å²) in [5, 5.41) is 7.78. The Bertz CT molecular complexity index is 772. The normalized spacial score (nSPS) is 11.7. The molecule has 116 valence electrons. The third kappa shape index (κ3) is 5.30. The van der Waals surface area contributed by atoms with Crippen LogP contribution in [0.5, 0.6) is 0 Å². The van der Waals surface area contributed by atoms with Crippen LogP contribution in [-0.4, -0.2) is 36.1 Å². The van der Waals surface area contributed by atoms with Crippen LogP contribution in [0.2, 0.25) is 5.02 Å². The van der Waals surface area contributed by atoms with Crippen molar-refractivity contribution in [2.75, 3.05) is 5.75 Å². The lowest BCUT2D eigenvalue weighted by molar-refractivity contribution is -0.118. The molecule has 2 rings (SSSR count). The molecule has 0 radical (unpaired) electrons. The Balaban J connectivity index is 1.87. The second-order valence-electron chi connectivity index (χ2n) is 4.42. The molecule has 1 aromatic heterocycles. The van der Waals surface area contributed by atoms with E-state index in [9.17, 15) is 13.2 Å². The van der Waals surface area contributed by atoms with E-state index in [2.05, 4.69) is 15.6 Å². The van der Waals surface area contributed by atoms with E-state index in [1.807, 2.05) is 18.2 Å². The molecular formula is C13H13ClN4O3S. The number of nitrogens with zero attached hydrogens (tertiary/aromatic N) is 3. The quantitative estimate of drug-likeness (QED) is 0.628. The minimum absolute atomic E-state index is 0.326. The zero-order valence-corrected chi connectivity index (χ0v) is 13.0. The standard InChI is InChI=1S/C13H13ClN4O3S/c14-12-7-16-18(8-12)10-22(20,21)9-13(19)17-15-6-11-4-2-1-3-5-11/h1-8H,9-10H2,(H,17,19). The molecule has 0 fully saturated rings. The molecule has 22 heavy (non-hydrogen) atoms. The Labute approximate surface area is 132 Å². The Morgan fingerprint density at radius 3 is 2.73 bits per heavy atom. The average Bonchev–Trinajstić information content (AvgIpc) is 2.83. The van der Waals surface area contributed by atoms with E-state index in [0.29, 0.717) is 5.02 Å².